The van der Waals surface area contributed by atoms with E-state index in [2.05, 4.69) is 4.98 Å². The lowest BCUT2D eigenvalue weighted by Crippen LogP contribution is -2.14. The number of carbonyl (C=O) groups is 1. The van der Waals surface area contributed by atoms with Crippen LogP contribution in [0.2, 0.25) is 0 Å². The SMILES string of the molecule is CCOC(=O)C(C#N)c1nc(-c2ccc(C)cc2)cs1. The number of hydrogen-bond donors (Lipinski definition) is 0. The molecule has 0 fully saturated rings. The summed E-state index contributed by atoms with van der Waals surface area (Å²) in [6.45, 7) is 3.99. The Labute approximate surface area is 121 Å². The second-order valence-electron chi connectivity index (χ2n) is 4.25. The molecule has 2 rings (SSSR count). The molecule has 0 radical (unpaired) electrons. The van der Waals surface area contributed by atoms with Crippen molar-refractivity contribution in [1.82, 2.24) is 4.98 Å². The minimum atomic E-state index is -0.945. The van der Waals surface area contributed by atoms with E-state index in [9.17, 15) is 4.79 Å². The summed E-state index contributed by atoms with van der Waals surface area (Å²) in [6, 6.07) is 9.90. The highest BCUT2D eigenvalue weighted by atomic mass is 32.1. The molecule has 5 heteroatoms. The van der Waals surface area contributed by atoms with Gasteiger partial charge in [0, 0.05) is 10.9 Å². The van der Waals surface area contributed by atoms with Gasteiger partial charge in [-0.1, -0.05) is 29.8 Å². The molecule has 20 heavy (non-hydrogen) atoms. The molecule has 0 aliphatic rings. The van der Waals surface area contributed by atoms with Crippen LogP contribution in [0.3, 0.4) is 0 Å². The van der Waals surface area contributed by atoms with E-state index in [1.807, 2.05) is 42.6 Å². The second kappa shape index (κ2) is 6.31. The molecular weight excluding hydrogens is 272 g/mol. The Hall–Kier alpha value is -2.19. The Bertz CT molecular complexity index is 641. The summed E-state index contributed by atoms with van der Waals surface area (Å²) in [5.41, 5.74) is 2.92. The van der Waals surface area contributed by atoms with Gasteiger partial charge in [0.25, 0.3) is 0 Å². The number of ether oxygens (including phenoxy) is 1. The fourth-order valence-electron chi connectivity index (χ4n) is 1.71. The fraction of sp³-hybridized carbons (Fsp3) is 0.267. The van der Waals surface area contributed by atoms with Crippen LogP contribution in [0.1, 0.15) is 23.4 Å². The zero-order valence-corrected chi connectivity index (χ0v) is 12.1. The Morgan fingerprint density at radius 1 is 1.45 bits per heavy atom. The van der Waals surface area contributed by atoms with Crippen LogP contribution in [0.15, 0.2) is 29.6 Å². The number of thiazole rings is 1. The molecule has 1 heterocycles. The van der Waals surface area contributed by atoms with Crippen molar-refractivity contribution in [2.24, 2.45) is 0 Å². The lowest BCUT2D eigenvalue weighted by molar-refractivity contribution is -0.143. The molecule has 0 spiro atoms. The first-order chi connectivity index (χ1) is 9.65. The van der Waals surface area contributed by atoms with E-state index < -0.39 is 11.9 Å². The molecule has 102 valence electrons. The van der Waals surface area contributed by atoms with Crippen molar-refractivity contribution in [1.29, 1.82) is 5.26 Å². The van der Waals surface area contributed by atoms with E-state index in [0.717, 1.165) is 11.3 Å². The van der Waals surface area contributed by atoms with Crippen molar-refractivity contribution in [2.45, 2.75) is 19.8 Å². The van der Waals surface area contributed by atoms with Crippen molar-refractivity contribution in [2.75, 3.05) is 6.61 Å². The molecule has 0 amide bonds. The number of benzene rings is 1. The molecule has 2 aromatic rings. The first-order valence-electron chi connectivity index (χ1n) is 6.24. The number of nitriles is 1. The van der Waals surface area contributed by atoms with Gasteiger partial charge in [-0.05, 0) is 13.8 Å². The van der Waals surface area contributed by atoms with Crippen LogP contribution in [0.5, 0.6) is 0 Å². The van der Waals surface area contributed by atoms with Crippen molar-refractivity contribution < 1.29 is 9.53 Å². The Morgan fingerprint density at radius 2 is 2.15 bits per heavy atom. The molecule has 0 aliphatic heterocycles. The van der Waals surface area contributed by atoms with Crippen molar-refractivity contribution in [3.63, 3.8) is 0 Å². The zero-order valence-electron chi connectivity index (χ0n) is 11.3. The molecule has 0 saturated heterocycles. The zero-order chi connectivity index (χ0) is 14.5. The van der Waals surface area contributed by atoms with Gasteiger partial charge < -0.3 is 4.74 Å². The van der Waals surface area contributed by atoms with Crippen molar-refractivity contribution in [3.05, 3.63) is 40.2 Å². The summed E-state index contributed by atoms with van der Waals surface area (Å²) in [4.78, 5) is 16.1. The molecule has 0 aliphatic carbocycles. The van der Waals surface area contributed by atoms with Gasteiger partial charge in [-0.25, -0.2) is 4.98 Å². The standard InChI is InChI=1S/C15H14N2O2S/c1-3-19-15(18)12(8-16)14-17-13(9-20-14)11-6-4-10(2)5-7-11/h4-7,9,12H,3H2,1-2H3. The van der Waals surface area contributed by atoms with Crippen molar-refractivity contribution >= 4 is 17.3 Å². The minimum Gasteiger partial charge on any atom is -0.465 e. The molecule has 1 aromatic carbocycles. The lowest BCUT2D eigenvalue weighted by atomic mass is 10.1. The molecule has 0 saturated carbocycles. The third kappa shape index (κ3) is 3.03. The molecular formula is C15H14N2O2S. The van der Waals surface area contributed by atoms with Gasteiger partial charge in [-0.3, -0.25) is 4.79 Å². The monoisotopic (exact) mass is 286 g/mol. The number of aryl methyl sites for hydroxylation is 1. The molecule has 1 aromatic heterocycles. The van der Waals surface area contributed by atoms with E-state index >= 15 is 0 Å². The maximum atomic E-state index is 11.7. The third-order valence-corrected chi connectivity index (χ3v) is 3.68. The summed E-state index contributed by atoms with van der Waals surface area (Å²) in [7, 11) is 0. The summed E-state index contributed by atoms with van der Waals surface area (Å²) in [6.07, 6.45) is 0. The maximum Gasteiger partial charge on any atom is 0.330 e. The van der Waals surface area contributed by atoms with Crippen LogP contribution in [0, 0.1) is 18.3 Å². The van der Waals surface area contributed by atoms with Crippen LogP contribution in [0.4, 0.5) is 0 Å². The van der Waals surface area contributed by atoms with Crippen LogP contribution in [-0.2, 0) is 9.53 Å². The van der Waals surface area contributed by atoms with Gasteiger partial charge in [0.05, 0.1) is 18.4 Å². The highest BCUT2D eigenvalue weighted by Crippen LogP contribution is 2.27. The number of esters is 1. The Morgan fingerprint density at radius 3 is 2.75 bits per heavy atom. The van der Waals surface area contributed by atoms with E-state index in [0.29, 0.717) is 5.01 Å². The van der Waals surface area contributed by atoms with Gasteiger partial charge in [-0.15, -0.1) is 11.3 Å². The topological polar surface area (TPSA) is 63.0 Å². The second-order valence-corrected chi connectivity index (χ2v) is 5.14. The Balaban J connectivity index is 2.26. The van der Waals surface area contributed by atoms with Gasteiger partial charge >= 0.3 is 5.97 Å². The Kier molecular flexibility index (Phi) is 4.49. The van der Waals surface area contributed by atoms with E-state index in [-0.39, 0.29) is 6.61 Å². The fourth-order valence-corrected chi connectivity index (χ4v) is 2.57. The van der Waals surface area contributed by atoms with Gasteiger partial charge in [-0.2, -0.15) is 5.26 Å². The van der Waals surface area contributed by atoms with E-state index in [4.69, 9.17) is 10.00 Å². The van der Waals surface area contributed by atoms with Gasteiger partial charge in [0.2, 0.25) is 0 Å². The highest BCUT2D eigenvalue weighted by molar-refractivity contribution is 7.10. The number of carbonyl (C=O) groups excluding carboxylic acids is 1. The number of hydrogen-bond acceptors (Lipinski definition) is 5. The average Bonchev–Trinajstić information content (AvgIpc) is 2.90. The first kappa shape index (κ1) is 14.2. The summed E-state index contributed by atoms with van der Waals surface area (Å²) >= 11 is 1.30. The molecule has 0 N–H and O–H groups in total. The quantitative estimate of drug-likeness (QED) is 0.809. The minimum absolute atomic E-state index is 0.257. The van der Waals surface area contributed by atoms with E-state index in [1.54, 1.807) is 6.92 Å². The van der Waals surface area contributed by atoms with Crippen LogP contribution in [-0.4, -0.2) is 17.6 Å². The maximum absolute atomic E-state index is 11.7. The van der Waals surface area contributed by atoms with Gasteiger partial charge in [0.1, 0.15) is 5.01 Å². The summed E-state index contributed by atoms with van der Waals surface area (Å²) < 4.78 is 4.89. The normalized spacial score (nSPS) is 11.7. The number of aromatic nitrogens is 1. The van der Waals surface area contributed by atoms with E-state index in [1.165, 1.54) is 16.9 Å². The number of rotatable bonds is 4. The molecule has 1 atom stereocenters. The molecule has 0 bridgehead atoms. The van der Waals surface area contributed by atoms with Crippen LogP contribution < -0.4 is 0 Å². The largest absolute Gasteiger partial charge is 0.465 e. The lowest BCUT2D eigenvalue weighted by Gasteiger charge is -2.04. The molecule has 4 nitrogen and oxygen atoms in total. The van der Waals surface area contributed by atoms with Crippen molar-refractivity contribution in [3.8, 4) is 17.3 Å². The third-order valence-electron chi connectivity index (χ3n) is 2.77. The first-order valence-corrected chi connectivity index (χ1v) is 7.12. The van der Waals surface area contributed by atoms with Gasteiger partial charge in [0.15, 0.2) is 5.92 Å². The van der Waals surface area contributed by atoms with Crippen LogP contribution >= 0.6 is 11.3 Å². The predicted octanol–water partition coefficient (Wildman–Crippen LogP) is 3.29. The highest BCUT2D eigenvalue weighted by Gasteiger charge is 2.25. The summed E-state index contributed by atoms with van der Waals surface area (Å²) in [5.74, 6) is -1.49. The predicted molar refractivity (Wildman–Crippen MR) is 77.3 cm³/mol. The molecule has 1 unspecified atom stereocenters. The van der Waals surface area contributed by atoms with Crippen LogP contribution in [0.25, 0.3) is 11.3 Å². The smallest absolute Gasteiger partial charge is 0.330 e. The number of nitrogens with zero attached hydrogens (tertiary/aromatic N) is 2. The average molecular weight is 286 g/mol. The summed E-state index contributed by atoms with van der Waals surface area (Å²) in [5, 5.41) is 11.4.